The van der Waals surface area contributed by atoms with Crippen molar-refractivity contribution >= 4 is 52.6 Å². The van der Waals surface area contributed by atoms with Crippen molar-refractivity contribution in [2.75, 3.05) is 26.7 Å². The van der Waals surface area contributed by atoms with Crippen LogP contribution in [0.15, 0.2) is 16.4 Å². The Morgan fingerprint density at radius 1 is 1.36 bits per heavy atom. The molecule has 138 valence electrons. The van der Waals surface area contributed by atoms with E-state index in [4.69, 9.17) is 0 Å². The molecule has 1 aliphatic rings. The highest BCUT2D eigenvalue weighted by atomic mass is 127. The van der Waals surface area contributed by atoms with Crippen LogP contribution in [0.1, 0.15) is 26.0 Å². The monoisotopic (exact) mass is 491 g/mol. The smallest absolute Gasteiger partial charge is 0.191 e. The standard InChI is InChI=1S/C17H25N5S2.HI/c1-12-13(2)24-16(21-12)10-20-17(18-3)19-6-8-22-7-4-15-14(11-22)5-9-23-15;/h5,9H,4,6-8,10-11H2,1-3H3,(H2,18,19,20);1H. The van der Waals surface area contributed by atoms with Crippen LogP contribution in [0.25, 0.3) is 0 Å². The van der Waals surface area contributed by atoms with Gasteiger partial charge in [-0.05, 0) is 37.3 Å². The number of nitrogens with one attached hydrogen (secondary N) is 2. The van der Waals surface area contributed by atoms with Gasteiger partial charge in [0.1, 0.15) is 5.01 Å². The molecule has 0 unspecified atom stereocenters. The lowest BCUT2D eigenvalue weighted by molar-refractivity contribution is 0.260. The molecule has 0 amide bonds. The topological polar surface area (TPSA) is 52.6 Å². The zero-order chi connectivity index (χ0) is 16.9. The van der Waals surface area contributed by atoms with E-state index in [9.17, 15) is 0 Å². The van der Waals surface area contributed by atoms with Crippen molar-refractivity contribution in [2.24, 2.45) is 4.99 Å². The number of nitrogens with zero attached hydrogens (tertiary/aromatic N) is 3. The molecule has 2 aromatic heterocycles. The third-order valence-electron chi connectivity index (χ3n) is 4.31. The normalized spacial score (nSPS) is 14.8. The highest BCUT2D eigenvalue weighted by Crippen LogP contribution is 2.23. The highest BCUT2D eigenvalue weighted by molar-refractivity contribution is 14.0. The summed E-state index contributed by atoms with van der Waals surface area (Å²) in [6, 6.07) is 2.26. The number of aromatic nitrogens is 1. The average Bonchev–Trinajstić information content (AvgIpc) is 3.17. The summed E-state index contributed by atoms with van der Waals surface area (Å²) in [4.78, 5) is 14.2. The summed E-state index contributed by atoms with van der Waals surface area (Å²) in [5, 5.41) is 10.1. The van der Waals surface area contributed by atoms with Crippen LogP contribution in [-0.4, -0.2) is 42.5 Å². The van der Waals surface area contributed by atoms with E-state index in [-0.39, 0.29) is 24.0 Å². The molecule has 0 saturated carbocycles. The molecule has 0 saturated heterocycles. The molecule has 25 heavy (non-hydrogen) atoms. The Bertz CT molecular complexity index is 690. The lowest BCUT2D eigenvalue weighted by Gasteiger charge is -2.27. The van der Waals surface area contributed by atoms with Crippen molar-refractivity contribution in [3.8, 4) is 0 Å². The number of guanidine groups is 1. The van der Waals surface area contributed by atoms with Crippen molar-refractivity contribution in [2.45, 2.75) is 33.4 Å². The van der Waals surface area contributed by atoms with Crippen molar-refractivity contribution in [1.82, 2.24) is 20.5 Å². The molecule has 3 rings (SSSR count). The van der Waals surface area contributed by atoms with Crippen LogP contribution < -0.4 is 10.6 Å². The molecule has 0 radical (unpaired) electrons. The largest absolute Gasteiger partial charge is 0.355 e. The first-order valence-corrected chi connectivity index (χ1v) is 10.0. The summed E-state index contributed by atoms with van der Waals surface area (Å²) in [6.45, 7) is 9.05. The molecular formula is C17H26IN5S2. The Balaban J connectivity index is 0.00000225. The van der Waals surface area contributed by atoms with Crippen LogP contribution in [0, 0.1) is 13.8 Å². The van der Waals surface area contributed by atoms with Gasteiger partial charge in [0.25, 0.3) is 0 Å². The van der Waals surface area contributed by atoms with Gasteiger partial charge in [0.2, 0.25) is 0 Å². The van der Waals surface area contributed by atoms with Gasteiger partial charge < -0.3 is 10.6 Å². The van der Waals surface area contributed by atoms with Gasteiger partial charge in [0, 0.05) is 43.0 Å². The number of thiophene rings is 1. The second kappa shape index (κ2) is 9.84. The fourth-order valence-electron chi connectivity index (χ4n) is 2.82. The molecule has 0 spiro atoms. The SMILES string of the molecule is CN=C(NCCN1CCc2sccc2C1)NCc1nc(C)c(C)s1.I. The molecule has 0 aromatic carbocycles. The Morgan fingerprint density at radius 3 is 2.92 bits per heavy atom. The number of halogens is 1. The fraction of sp³-hybridized carbons (Fsp3) is 0.529. The van der Waals surface area contributed by atoms with Crippen LogP contribution in [0.2, 0.25) is 0 Å². The quantitative estimate of drug-likeness (QED) is 0.384. The number of hydrogen-bond donors (Lipinski definition) is 2. The molecule has 0 bridgehead atoms. The summed E-state index contributed by atoms with van der Waals surface area (Å²) < 4.78 is 0. The van der Waals surface area contributed by atoms with Gasteiger partial charge in [-0.2, -0.15) is 0 Å². The van der Waals surface area contributed by atoms with Gasteiger partial charge in [0.15, 0.2) is 5.96 Å². The zero-order valence-corrected chi connectivity index (χ0v) is 18.9. The molecule has 8 heteroatoms. The summed E-state index contributed by atoms with van der Waals surface area (Å²) in [5.41, 5.74) is 2.63. The molecule has 3 heterocycles. The van der Waals surface area contributed by atoms with Crippen molar-refractivity contribution in [1.29, 1.82) is 0 Å². The molecular weight excluding hydrogens is 465 g/mol. The van der Waals surface area contributed by atoms with Gasteiger partial charge in [-0.25, -0.2) is 4.98 Å². The van der Waals surface area contributed by atoms with Crippen molar-refractivity contribution in [3.05, 3.63) is 37.5 Å². The van der Waals surface area contributed by atoms with Gasteiger partial charge in [0.05, 0.1) is 12.2 Å². The maximum absolute atomic E-state index is 4.55. The van der Waals surface area contributed by atoms with E-state index in [0.29, 0.717) is 0 Å². The second-order valence-corrected chi connectivity index (χ2v) is 8.29. The predicted molar refractivity (Wildman–Crippen MR) is 119 cm³/mol. The van der Waals surface area contributed by atoms with E-state index in [1.807, 2.05) is 18.4 Å². The predicted octanol–water partition coefficient (Wildman–Crippen LogP) is 3.16. The van der Waals surface area contributed by atoms with E-state index in [1.54, 1.807) is 16.2 Å². The molecule has 0 aliphatic carbocycles. The minimum atomic E-state index is 0. The van der Waals surface area contributed by atoms with E-state index in [1.165, 1.54) is 16.9 Å². The van der Waals surface area contributed by atoms with Crippen LogP contribution in [-0.2, 0) is 19.5 Å². The van der Waals surface area contributed by atoms with E-state index >= 15 is 0 Å². The van der Waals surface area contributed by atoms with Crippen molar-refractivity contribution in [3.63, 3.8) is 0 Å². The molecule has 2 aromatic rings. The van der Waals surface area contributed by atoms with Gasteiger partial charge in [-0.15, -0.1) is 46.7 Å². The third-order valence-corrected chi connectivity index (χ3v) is 6.41. The number of aryl methyl sites for hydroxylation is 2. The number of rotatable bonds is 5. The first-order valence-electron chi connectivity index (χ1n) is 8.30. The van der Waals surface area contributed by atoms with E-state index in [2.05, 4.69) is 50.8 Å². The second-order valence-electron chi connectivity index (χ2n) is 6.00. The summed E-state index contributed by atoms with van der Waals surface area (Å²) in [7, 11) is 1.81. The molecule has 1 aliphatic heterocycles. The Labute approximate surface area is 175 Å². The number of aliphatic imine (C=N–C) groups is 1. The maximum atomic E-state index is 4.55. The Hall–Kier alpha value is -0.710. The molecule has 2 N–H and O–H groups in total. The van der Waals surface area contributed by atoms with E-state index in [0.717, 1.165) is 49.4 Å². The van der Waals surface area contributed by atoms with E-state index < -0.39 is 0 Å². The van der Waals surface area contributed by atoms with Gasteiger partial charge >= 0.3 is 0 Å². The van der Waals surface area contributed by atoms with Crippen LogP contribution in [0.4, 0.5) is 0 Å². The number of hydrogen-bond acceptors (Lipinski definition) is 5. The first kappa shape index (κ1) is 20.6. The van der Waals surface area contributed by atoms with Gasteiger partial charge in [-0.1, -0.05) is 0 Å². The summed E-state index contributed by atoms with van der Waals surface area (Å²) in [6.07, 6.45) is 1.18. The Morgan fingerprint density at radius 2 is 2.20 bits per heavy atom. The maximum Gasteiger partial charge on any atom is 0.191 e. The van der Waals surface area contributed by atoms with Crippen molar-refractivity contribution < 1.29 is 0 Å². The summed E-state index contributed by atoms with van der Waals surface area (Å²) in [5.74, 6) is 0.841. The lowest BCUT2D eigenvalue weighted by atomic mass is 10.1. The van der Waals surface area contributed by atoms with Crippen LogP contribution in [0.3, 0.4) is 0 Å². The summed E-state index contributed by atoms with van der Waals surface area (Å²) >= 11 is 3.63. The average molecular weight is 491 g/mol. The zero-order valence-electron chi connectivity index (χ0n) is 15.0. The van der Waals surface area contributed by atoms with Gasteiger partial charge in [-0.3, -0.25) is 9.89 Å². The molecule has 0 atom stereocenters. The highest BCUT2D eigenvalue weighted by Gasteiger charge is 2.16. The lowest BCUT2D eigenvalue weighted by Crippen LogP contribution is -2.42. The number of thiazole rings is 1. The minimum Gasteiger partial charge on any atom is -0.355 e. The fourth-order valence-corrected chi connectivity index (χ4v) is 4.59. The minimum absolute atomic E-state index is 0. The Kier molecular flexibility index (Phi) is 8.11. The molecule has 5 nitrogen and oxygen atoms in total. The van der Waals surface area contributed by atoms with Crippen LogP contribution >= 0.6 is 46.7 Å². The first-order chi connectivity index (χ1) is 11.7. The number of fused-ring (bicyclic) bond motifs is 1. The third kappa shape index (κ3) is 5.63. The molecule has 0 fully saturated rings. The van der Waals surface area contributed by atoms with Crippen LogP contribution in [0.5, 0.6) is 0 Å².